The molecule has 2 heteroatoms. The molecule has 0 saturated heterocycles. The Hall–Kier alpha value is -0.530. The summed E-state index contributed by atoms with van der Waals surface area (Å²) in [6, 6.07) is 0. The Bertz CT molecular complexity index is 509. The summed E-state index contributed by atoms with van der Waals surface area (Å²) in [7, 11) is 0. The standard InChI is InChI=1S/C36H72O2/c1-3-5-7-9-11-13-15-17-19-21-23-25-27-29-31-33-35-38-36(37)34-32-30-28-26-24-22-20-18-16-14-12-10-8-6-4-2/h3-35H2,1-2H3/i35D2. The van der Waals surface area contributed by atoms with Gasteiger partial charge in [-0.15, -0.1) is 0 Å². The lowest BCUT2D eigenvalue weighted by atomic mass is 10.0. The Morgan fingerprint density at radius 1 is 0.395 bits per heavy atom. The molecule has 0 aliphatic carbocycles. The molecular formula is C36H72O2. The maximum atomic E-state index is 12.1. The highest BCUT2D eigenvalue weighted by molar-refractivity contribution is 5.69. The highest BCUT2D eigenvalue weighted by Gasteiger charge is 2.03. The molecule has 0 spiro atoms. The number of esters is 1. The van der Waals surface area contributed by atoms with Crippen molar-refractivity contribution in [2.45, 2.75) is 219 Å². The summed E-state index contributed by atoms with van der Waals surface area (Å²) < 4.78 is 21.3. The van der Waals surface area contributed by atoms with Crippen LogP contribution in [-0.4, -0.2) is 12.5 Å². The maximum absolute atomic E-state index is 12.1. The van der Waals surface area contributed by atoms with Crippen molar-refractivity contribution in [1.82, 2.24) is 0 Å². The third-order valence-electron chi connectivity index (χ3n) is 8.05. The third kappa shape index (κ3) is 33.5. The summed E-state index contributed by atoms with van der Waals surface area (Å²) in [5.74, 6) is -0.361. The number of carbonyl (C=O) groups is 1. The number of carbonyl (C=O) groups excluding carboxylic acids is 1. The fourth-order valence-electron chi connectivity index (χ4n) is 5.39. The SMILES string of the molecule is [2H]C([2H])(CCCCCCCCCCCCCCCCC)OC(=O)CCCCCCCCCCCCCCCCC. The number of hydrogen-bond donors (Lipinski definition) is 0. The fourth-order valence-corrected chi connectivity index (χ4v) is 5.39. The van der Waals surface area contributed by atoms with Crippen molar-refractivity contribution in [3.05, 3.63) is 0 Å². The van der Waals surface area contributed by atoms with Crippen molar-refractivity contribution < 1.29 is 12.3 Å². The summed E-state index contributed by atoms with van der Waals surface area (Å²) >= 11 is 0. The van der Waals surface area contributed by atoms with E-state index in [0.717, 1.165) is 25.7 Å². The average Bonchev–Trinajstić information content (AvgIpc) is 2.92. The molecule has 0 N–H and O–H groups in total. The highest BCUT2D eigenvalue weighted by Crippen LogP contribution is 2.15. The van der Waals surface area contributed by atoms with Crippen LogP contribution in [0.5, 0.6) is 0 Å². The number of unbranched alkanes of at least 4 members (excludes halogenated alkanes) is 28. The Balaban J connectivity index is 3.40. The van der Waals surface area contributed by atoms with Gasteiger partial charge in [0, 0.05) is 6.42 Å². The molecule has 0 aromatic rings. The van der Waals surface area contributed by atoms with Crippen LogP contribution in [0.3, 0.4) is 0 Å². The largest absolute Gasteiger partial charge is 0.466 e. The Morgan fingerprint density at radius 3 is 0.921 bits per heavy atom. The minimum absolute atomic E-state index is 0.329. The smallest absolute Gasteiger partial charge is 0.305 e. The Labute approximate surface area is 244 Å². The second-order valence-corrected chi connectivity index (χ2v) is 12.0. The molecule has 0 atom stereocenters. The van der Waals surface area contributed by atoms with Crippen LogP contribution in [0, 0.1) is 0 Å². The minimum Gasteiger partial charge on any atom is -0.466 e. The van der Waals surface area contributed by atoms with E-state index < -0.39 is 6.56 Å². The van der Waals surface area contributed by atoms with E-state index in [0.29, 0.717) is 12.8 Å². The quantitative estimate of drug-likeness (QED) is 0.0613. The van der Waals surface area contributed by atoms with Gasteiger partial charge in [0.1, 0.15) is 0 Å². The lowest BCUT2D eigenvalue weighted by molar-refractivity contribution is -0.143. The van der Waals surface area contributed by atoms with Crippen molar-refractivity contribution in [2.24, 2.45) is 0 Å². The van der Waals surface area contributed by atoms with E-state index in [2.05, 4.69) is 13.8 Å². The topological polar surface area (TPSA) is 26.3 Å². The van der Waals surface area contributed by atoms with Gasteiger partial charge in [-0.3, -0.25) is 4.79 Å². The van der Waals surface area contributed by atoms with Gasteiger partial charge in [0.05, 0.1) is 9.30 Å². The first-order valence-electron chi connectivity index (χ1n) is 18.7. The predicted molar refractivity (Wildman–Crippen MR) is 170 cm³/mol. The van der Waals surface area contributed by atoms with Crippen LogP contribution in [0.2, 0.25) is 0 Å². The summed E-state index contributed by atoms with van der Waals surface area (Å²) in [5.41, 5.74) is 0. The van der Waals surface area contributed by atoms with E-state index in [1.807, 2.05) is 0 Å². The molecule has 228 valence electrons. The normalized spacial score (nSPS) is 12.5. The molecule has 0 saturated carbocycles. The van der Waals surface area contributed by atoms with Gasteiger partial charge in [0.2, 0.25) is 0 Å². The van der Waals surface area contributed by atoms with Gasteiger partial charge in [0.25, 0.3) is 0 Å². The van der Waals surface area contributed by atoms with Crippen LogP contribution in [0.15, 0.2) is 0 Å². The molecule has 0 radical (unpaired) electrons. The van der Waals surface area contributed by atoms with Crippen LogP contribution in [-0.2, 0) is 9.53 Å². The van der Waals surface area contributed by atoms with Crippen LogP contribution in [0.1, 0.15) is 222 Å². The van der Waals surface area contributed by atoms with Gasteiger partial charge in [-0.25, -0.2) is 0 Å². The van der Waals surface area contributed by atoms with Gasteiger partial charge < -0.3 is 4.74 Å². The molecule has 0 aromatic carbocycles. The zero-order valence-corrected chi connectivity index (χ0v) is 26.4. The van der Waals surface area contributed by atoms with E-state index >= 15 is 0 Å². The van der Waals surface area contributed by atoms with E-state index in [1.165, 1.54) is 167 Å². The van der Waals surface area contributed by atoms with Crippen LogP contribution in [0.4, 0.5) is 0 Å². The second-order valence-electron chi connectivity index (χ2n) is 12.0. The summed E-state index contributed by atoms with van der Waals surface area (Å²) in [6.45, 7) is 2.75. The van der Waals surface area contributed by atoms with E-state index in [-0.39, 0.29) is 5.97 Å². The summed E-state index contributed by atoms with van der Waals surface area (Å²) in [5, 5.41) is 0. The molecule has 0 fully saturated rings. The van der Waals surface area contributed by atoms with Gasteiger partial charge in [0.15, 0.2) is 0 Å². The summed E-state index contributed by atoms with van der Waals surface area (Å²) in [4.78, 5) is 12.1. The first kappa shape index (κ1) is 33.7. The molecule has 0 unspecified atom stereocenters. The molecule has 0 aromatic heterocycles. The minimum atomic E-state index is -1.80. The first-order valence-corrected chi connectivity index (χ1v) is 17.7. The van der Waals surface area contributed by atoms with E-state index in [4.69, 9.17) is 7.48 Å². The van der Waals surface area contributed by atoms with Crippen LogP contribution in [0.25, 0.3) is 0 Å². The molecule has 0 amide bonds. The van der Waals surface area contributed by atoms with Crippen molar-refractivity contribution in [1.29, 1.82) is 0 Å². The van der Waals surface area contributed by atoms with Gasteiger partial charge in [-0.05, 0) is 12.8 Å². The maximum Gasteiger partial charge on any atom is 0.305 e. The number of hydrogen-bond acceptors (Lipinski definition) is 2. The highest BCUT2D eigenvalue weighted by atomic mass is 16.5. The molecular weight excluding hydrogens is 464 g/mol. The van der Waals surface area contributed by atoms with E-state index in [1.54, 1.807) is 0 Å². The third-order valence-corrected chi connectivity index (χ3v) is 8.05. The van der Waals surface area contributed by atoms with Crippen molar-refractivity contribution >= 4 is 5.97 Å². The predicted octanol–water partition coefficient (Wildman–Crippen LogP) is 13.1. The van der Waals surface area contributed by atoms with Gasteiger partial charge in [-0.2, -0.15) is 0 Å². The monoisotopic (exact) mass is 539 g/mol. The zero-order valence-electron chi connectivity index (χ0n) is 28.4. The number of ether oxygens (including phenoxy) is 1. The lowest BCUT2D eigenvalue weighted by Gasteiger charge is -2.06. The second kappa shape index (κ2) is 34.5. The molecule has 0 bridgehead atoms. The number of rotatable bonds is 33. The van der Waals surface area contributed by atoms with Crippen molar-refractivity contribution in [2.75, 3.05) is 6.56 Å². The Morgan fingerprint density at radius 2 is 0.632 bits per heavy atom. The Kier molecular flexibility index (Phi) is 30.6. The van der Waals surface area contributed by atoms with Crippen LogP contribution >= 0.6 is 0 Å². The van der Waals surface area contributed by atoms with Gasteiger partial charge >= 0.3 is 5.97 Å². The van der Waals surface area contributed by atoms with Crippen molar-refractivity contribution in [3.63, 3.8) is 0 Å². The zero-order chi connectivity index (χ0) is 29.4. The molecule has 0 heterocycles. The molecule has 2 nitrogen and oxygen atoms in total. The van der Waals surface area contributed by atoms with Crippen molar-refractivity contribution in [3.8, 4) is 0 Å². The fraction of sp³-hybridized carbons (Fsp3) is 0.972. The van der Waals surface area contributed by atoms with Gasteiger partial charge in [-0.1, -0.05) is 200 Å². The molecule has 0 rings (SSSR count). The molecule has 38 heavy (non-hydrogen) atoms. The van der Waals surface area contributed by atoms with E-state index in [9.17, 15) is 4.79 Å². The average molecular weight is 539 g/mol. The molecule has 0 aliphatic rings. The first-order chi connectivity index (χ1) is 19.5. The lowest BCUT2D eigenvalue weighted by Crippen LogP contribution is -2.05. The molecule has 0 aliphatic heterocycles. The van der Waals surface area contributed by atoms with Crippen LogP contribution < -0.4 is 0 Å². The summed E-state index contributed by atoms with van der Waals surface area (Å²) in [6.07, 6.45) is 39.7.